The van der Waals surface area contributed by atoms with Gasteiger partial charge in [0.1, 0.15) is 0 Å². The Hall–Kier alpha value is -4.47. The lowest BCUT2D eigenvalue weighted by Crippen LogP contribution is -2.33. The summed E-state index contributed by atoms with van der Waals surface area (Å²) in [7, 11) is -2.08. The molecule has 0 saturated carbocycles. The molecule has 4 aromatic carbocycles. The van der Waals surface area contributed by atoms with Crippen LogP contribution in [0, 0.1) is 34.9 Å². The number of hydrogen-bond acceptors (Lipinski definition) is 6. The van der Waals surface area contributed by atoms with Crippen molar-refractivity contribution in [3.05, 3.63) is 148 Å². The number of halogens is 7. The third-order valence-corrected chi connectivity index (χ3v) is 8.08. The predicted octanol–water partition coefficient (Wildman–Crippen LogP) is 8.56. The van der Waals surface area contributed by atoms with Gasteiger partial charge in [0, 0.05) is 27.3 Å². The SMILES string of the molecule is C=Cc1c(B(O)O)cc(F)c(F)c1F.C=Cc1cc(C2OCCO2)ccc1-c1cc(F)c(F)c(F)c1C=C.C=Cc1cc(C2OCCO2)ccc1Cl. The van der Waals surface area contributed by atoms with Gasteiger partial charge < -0.3 is 29.0 Å². The van der Waals surface area contributed by atoms with Gasteiger partial charge >= 0.3 is 7.12 Å². The average Bonchev–Trinajstić information content (AvgIpc) is 3.89. The summed E-state index contributed by atoms with van der Waals surface area (Å²) in [6.07, 6.45) is 4.61. The zero-order valence-electron chi connectivity index (χ0n) is 27.5. The van der Waals surface area contributed by atoms with Gasteiger partial charge in [-0.15, -0.1) is 0 Å². The van der Waals surface area contributed by atoms with E-state index in [9.17, 15) is 26.3 Å². The zero-order chi connectivity index (χ0) is 38.1. The summed E-state index contributed by atoms with van der Waals surface area (Å²) >= 11 is 5.95. The monoisotopic (exact) mass is 744 g/mol. The van der Waals surface area contributed by atoms with Crippen LogP contribution in [0.3, 0.4) is 0 Å². The summed E-state index contributed by atoms with van der Waals surface area (Å²) in [5, 5.41) is 18.2. The summed E-state index contributed by atoms with van der Waals surface area (Å²) in [4.78, 5) is 0. The molecule has 0 atom stereocenters. The highest BCUT2D eigenvalue weighted by molar-refractivity contribution is 6.59. The molecule has 0 radical (unpaired) electrons. The standard InChI is InChI=1S/C19H15F3O2.C11H11ClO2.C8H6BF3O2/c1-3-11-9-12(19-23-7-8-24-19)5-6-14(11)15-10-16(20)18(22)17(21)13(15)4-2;1-2-8-7-9(3-4-10(8)12)11-13-5-6-14-11;1-2-4-5(9(13)14)3-6(10)8(12)7(4)11/h3-6,9-10,19H,1-2,7-8H2;2-4,7,11H,1,5-6H2;2-3,13-14H,1H2. The van der Waals surface area contributed by atoms with Gasteiger partial charge in [0.05, 0.1) is 26.4 Å². The molecule has 52 heavy (non-hydrogen) atoms. The van der Waals surface area contributed by atoms with Crippen LogP contribution in [0.1, 0.15) is 46.0 Å². The van der Waals surface area contributed by atoms with Crippen LogP contribution in [0.25, 0.3) is 35.4 Å². The van der Waals surface area contributed by atoms with Crippen LogP contribution in [0.15, 0.2) is 74.8 Å². The first-order valence-electron chi connectivity index (χ1n) is 15.5. The van der Waals surface area contributed by atoms with Crippen LogP contribution in [0.5, 0.6) is 0 Å². The molecule has 2 saturated heterocycles. The molecule has 0 bridgehead atoms. The quantitative estimate of drug-likeness (QED) is 0.107. The van der Waals surface area contributed by atoms with Crippen LogP contribution in [-0.4, -0.2) is 43.6 Å². The van der Waals surface area contributed by atoms with Gasteiger partial charge in [-0.2, -0.15) is 0 Å². The number of ether oxygens (including phenoxy) is 4. The minimum Gasteiger partial charge on any atom is -0.423 e. The summed E-state index contributed by atoms with van der Waals surface area (Å²) in [5.74, 6) is -8.65. The van der Waals surface area contributed by atoms with Gasteiger partial charge in [-0.3, -0.25) is 0 Å². The number of rotatable bonds is 8. The van der Waals surface area contributed by atoms with Crippen molar-refractivity contribution in [2.75, 3.05) is 26.4 Å². The van der Waals surface area contributed by atoms with Crippen molar-refractivity contribution < 1.29 is 55.3 Å². The van der Waals surface area contributed by atoms with E-state index in [1.807, 2.05) is 18.2 Å². The molecule has 2 N–H and O–H groups in total. The second kappa shape index (κ2) is 18.3. The van der Waals surface area contributed by atoms with Gasteiger partial charge in [0.25, 0.3) is 0 Å². The number of hydrogen-bond donors (Lipinski definition) is 2. The second-order valence-corrected chi connectivity index (χ2v) is 11.3. The third kappa shape index (κ3) is 9.12. The topological polar surface area (TPSA) is 77.4 Å². The predicted molar refractivity (Wildman–Crippen MR) is 189 cm³/mol. The van der Waals surface area contributed by atoms with E-state index in [2.05, 4.69) is 26.3 Å². The Labute approximate surface area is 301 Å². The molecule has 6 nitrogen and oxygen atoms in total. The first-order valence-corrected chi connectivity index (χ1v) is 15.8. The van der Waals surface area contributed by atoms with Crippen molar-refractivity contribution in [2.24, 2.45) is 0 Å². The summed E-state index contributed by atoms with van der Waals surface area (Å²) in [5.41, 5.74) is 2.99. The molecule has 4 aromatic rings. The van der Waals surface area contributed by atoms with Gasteiger partial charge in [-0.25, -0.2) is 26.3 Å². The molecular formula is C38H32BClF6O6. The molecule has 2 heterocycles. The van der Waals surface area contributed by atoms with E-state index in [0.29, 0.717) is 48.6 Å². The van der Waals surface area contributed by atoms with Crippen molar-refractivity contribution in [1.29, 1.82) is 0 Å². The molecule has 0 aromatic heterocycles. The molecule has 2 aliphatic rings. The lowest BCUT2D eigenvalue weighted by molar-refractivity contribution is -0.0443. The highest BCUT2D eigenvalue weighted by atomic mass is 35.5. The molecular weight excluding hydrogens is 713 g/mol. The third-order valence-electron chi connectivity index (χ3n) is 7.73. The lowest BCUT2D eigenvalue weighted by Gasteiger charge is -2.15. The first kappa shape index (κ1) is 40.3. The zero-order valence-corrected chi connectivity index (χ0v) is 28.2. The fraction of sp³-hybridized carbons (Fsp3) is 0.158. The maximum absolute atomic E-state index is 14.0. The van der Waals surface area contributed by atoms with E-state index >= 15 is 0 Å². The fourth-order valence-corrected chi connectivity index (χ4v) is 5.38. The maximum atomic E-state index is 14.0. The lowest BCUT2D eigenvalue weighted by atomic mass is 9.76. The summed E-state index contributed by atoms with van der Waals surface area (Å²) < 4.78 is 101. The van der Waals surface area contributed by atoms with Gasteiger partial charge in [0.15, 0.2) is 47.5 Å². The van der Waals surface area contributed by atoms with Crippen molar-refractivity contribution in [2.45, 2.75) is 12.6 Å². The van der Waals surface area contributed by atoms with E-state index in [0.717, 1.165) is 34.9 Å². The first-order chi connectivity index (χ1) is 24.9. The largest absolute Gasteiger partial charge is 0.489 e. The van der Waals surface area contributed by atoms with E-state index < -0.39 is 59.3 Å². The van der Waals surface area contributed by atoms with Gasteiger partial charge in [0.2, 0.25) is 0 Å². The number of benzene rings is 4. The van der Waals surface area contributed by atoms with Crippen LogP contribution in [-0.2, 0) is 18.9 Å². The molecule has 6 rings (SSSR count). The van der Waals surface area contributed by atoms with Crippen molar-refractivity contribution >= 4 is 48.5 Å². The Morgan fingerprint density at radius 1 is 0.577 bits per heavy atom. The van der Waals surface area contributed by atoms with Gasteiger partial charge in [-0.1, -0.05) is 80.4 Å². The molecule has 0 amide bonds. The van der Waals surface area contributed by atoms with Crippen LogP contribution >= 0.6 is 11.6 Å². The Morgan fingerprint density at radius 3 is 1.52 bits per heavy atom. The molecule has 0 spiro atoms. The highest BCUT2D eigenvalue weighted by Gasteiger charge is 2.24. The molecule has 0 aliphatic carbocycles. The van der Waals surface area contributed by atoms with E-state index in [1.54, 1.807) is 30.4 Å². The normalized spacial score (nSPS) is 14.2. The molecule has 2 fully saturated rings. The molecule has 0 unspecified atom stereocenters. The summed E-state index contributed by atoms with van der Waals surface area (Å²) in [6.45, 7) is 16.4. The van der Waals surface area contributed by atoms with Crippen LogP contribution in [0.4, 0.5) is 26.3 Å². The van der Waals surface area contributed by atoms with Crippen LogP contribution < -0.4 is 5.46 Å². The Kier molecular flexibility index (Phi) is 14.2. The molecule has 14 heteroatoms. The average molecular weight is 745 g/mol. The minimum absolute atomic E-state index is 0.0990. The molecule has 2 aliphatic heterocycles. The van der Waals surface area contributed by atoms with Crippen molar-refractivity contribution in [3.8, 4) is 11.1 Å². The van der Waals surface area contributed by atoms with Crippen molar-refractivity contribution in [3.63, 3.8) is 0 Å². The Balaban J connectivity index is 0.000000186. The van der Waals surface area contributed by atoms with E-state index in [4.69, 9.17) is 40.6 Å². The Morgan fingerprint density at radius 2 is 1.04 bits per heavy atom. The van der Waals surface area contributed by atoms with Crippen LogP contribution in [0.2, 0.25) is 5.02 Å². The second-order valence-electron chi connectivity index (χ2n) is 10.9. The highest BCUT2D eigenvalue weighted by Crippen LogP contribution is 2.35. The Bertz CT molecular complexity index is 1960. The maximum Gasteiger partial charge on any atom is 0.489 e. The van der Waals surface area contributed by atoms with E-state index in [1.165, 1.54) is 0 Å². The van der Waals surface area contributed by atoms with E-state index in [-0.39, 0.29) is 17.4 Å². The smallest absolute Gasteiger partial charge is 0.423 e. The summed E-state index contributed by atoms with van der Waals surface area (Å²) in [6, 6.07) is 12.3. The molecule has 272 valence electrons. The van der Waals surface area contributed by atoms with Gasteiger partial charge in [-0.05, 0) is 58.0 Å². The fourth-order valence-electron chi connectivity index (χ4n) is 5.19. The minimum atomic E-state index is -2.08. The van der Waals surface area contributed by atoms with Crippen molar-refractivity contribution in [1.82, 2.24) is 0 Å².